The number of hydrogen-bond donors (Lipinski definition) is 1. The lowest BCUT2D eigenvalue weighted by Gasteiger charge is -2.37. The van der Waals surface area contributed by atoms with Crippen LogP contribution in [-0.4, -0.2) is 29.9 Å². The van der Waals surface area contributed by atoms with E-state index in [0.29, 0.717) is 29.8 Å². The van der Waals surface area contributed by atoms with Crippen LogP contribution in [0.2, 0.25) is 0 Å². The maximum absolute atomic E-state index is 12.1. The van der Waals surface area contributed by atoms with Crippen LogP contribution in [0.4, 0.5) is 5.69 Å². The molecule has 0 bridgehead atoms. The van der Waals surface area contributed by atoms with E-state index in [2.05, 4.69) is 30.1 Å². The second-order valence-corrected chi connectivity index (χ2v) is 5.57. The van der Waals surface area contributed by atoms with Crippen molar-refractivity contribution in [2.75, 3.05) is 18.4 Å². The molecule has 4 heteroatoms. The molecule has 1 aliphatic rings. The number of anilines is 1. The monoisotopic (exact) mass is 271 g/mol. The highest BCUT2D eigenvalue weighted by atomic mass is 16.2. The average molecular weight is 271 g/mol. The van der Waals surface area contributed by atoms with Gasteiger partial charge in [-0.1, -0.05) is 13.0 Å². The summed E-state index contributed by atoms with van der Waals surface area (Å²) in [5.41, 5.74) is 1.24. The Bertz CT molecular complexity index is 521. The van der Waals surface area contributed by atoms with E-state index in [1.54, 1.807) is 24.3 Å². The van der Waals surface area contributed by atoms with Gasteiger partial charge in [-0.2, -0.15) is 5.26 Å². The standard InChI is InChI=1S/C16H21N3O/c1-12-5-4-8-19(13(12)2)11-16(20)18-15-7-3-6-14(9-15)10-17/h3,6-7,9,12-13H,4-5,8,11H2,1-2H3,(H,18,20). The van der Waals surface area contributed by atoms with E-state index in [-0.39, 0.29) is 5.91 Å². The van der Waals surface area contributed by atoms with E-state index in [9.17, 15) is 4.79 Å². The largest absolute Gasteiger partial charge is 0.325 e. The quantitative estimate of drug-likeness (QED) is 0.919. The Kier molecular flexibility index (Phi) is 4.75. The van der Waals surface area contributed by atoms with Gasteiger partial charge in [-0.3, -0.25) is 9.69 Å². The zero-order valence-electron chi connectivity index (χ0n) is 12.1. The van der Waals surface area contributed by atoms with Crippen molar-refractivity contribution in [3.63, 3.8) is 0 Å². The molecule has 2 rings (SSSR count). The highest BCUT2D eigenvalue weighted by Crippen LogP contribution is 2.22. The number of amides is 1. The molecule has 1 aromatic carbocycles. The van der Waals surface area contributed by atoms with Crippen molar-refractivity contribution in [2.24, 2.45) is 5.92 Å². The number of piperidine rings is 1. The highest BCUT2D eigenvalue weighted by molar-refractivity contribution is 5.92. The van der Waals surface area contributed by atoms with Crippen LogP contribution in [0, 0.1) is 17.2 Å². The normalized spacial score (nSPS) is 23.1. The first kappa shape index (κ1) is 14.5. The topological polar surface area (TPSA) is 56.1 Å². The molecule has 1 aliphatic heterocycles. The molecule has 1 N–H and O–H groups in total. The number of benzene rings is 1. The fourth-order valence-electron chi connectivity index (χ4n) is 2.70. The Labute approximate surface area is 120 Å². The molecule has 4 nitrogen and oxygen atoms in total. The molecular formula is C16H21N3O. The first-order chi connectivity index (χ1) is 9.60. The summed E-state index contributed by atoms with van der Waals surface area (Å²) in [7, 11) is 0. The first-order valence-corrected chi connectivity index (χ1v) is 7.14. The summed E-state index contributed by atoms with van der Waals surface area (Å²) in [6, 6.07) is 9.52. The Morgan fingerprint density at radius 3 is 3.05 bits per heavy atom. The molecule has 2 atom stereocenters. The number of rotatable bonds is 3. The van der Waals surface area contributed by atoms with Gasteiger partial charge < -0.3 is 5.32 Å². The van der Waals surface area contributed by atoms with Crippen molar-refractivity contribution in [2.45, 2.75) is 32.7 Å². The summed E-state index contributed by atoms with van der Waals surface area (Å²) in [5, 5.41) is 11.7. The summed E-state index contributed by atoms with van der Waals surface area (Å²) in [6.07, 6.45) is 2.40. The van der Waals surface area contributed by atoms with Crippen molar-refractivity contribution in [3.05, 3.63) is 29.8 Å². The van der Waals surface area contributed by atoms with Gasteiger partial charge in [-0.05, 0) is 50.4 Å². The number of carbonyl (C=O) groups excluding carboxylic acids is 1. The fraction of sp³-hybridized carbons (Fsp3) is 0.500. The molecule has 0 aliphatic carbocycles. The molecule has 1 saturated heterocycles. The molecule has 0 radical (unpaired) electrons. The second kappa shape index (κ2) is 6.53. The summed E-state index contributed by atoms with van der Waals surface area (Å²) in [4.78, 5) is 14.3. The number of nitrogens with zero attached hydrogens (tertiary/aromatic N) is 2. The van der Waals surface area contributed by atoms with Gasteiger partial charge in [0.05, 0.1) is 18.2 Å². The Hall–Kier alpha value is -1.86. The molecule has 1 heterocycles. The molecule has 1 fully saturated rings. The molecule has 0 saturated carbocycles. The molecule has 0 aromatic heterocycles. The van der Waals surface area contributed by atoms with Gasteiger partial charge in [0.25, 0.3) is 0 Å². The maximum atomic E-state index is 12.1. The molecule has 1 aromatic rings. The number of carbonyl (C=O) groups is 1. The summed E-state index contributed by atoms with van der Waals surface area (Å²) >= 11 is 0. The van der Waals surface area contributed by atoms with Crippen molar-refractivity contribution < 1.29 is 4.79 Å². The Morgan fingerprint density at radius 2 is 2.30 bits per heavy atom. The highest BCUT2D eigenvalue weighted by Gasteiger charge is 2.25. The molecule has 20 heavy (non-hydrogen) atoms. The molecular weight excluding hydrogens is 250 g/mol. The van der Waals surface area contributed by atoms with Crippen LogP contribution in [-0.2, 0) is 4.79 Å². The number of nitriles is 1. The number of likely N-dealkylation sites (tertiary alicyclic amines) is 1. The SMILES string of the molecule is CC1CCCN(CC(=O)Nc2cccc(C#N)c2)C1C. The van der Waals surface area contributed by atoms with Gasteiger partial charge in [0.2, 0.25) is 5.91 Å². The van der Waals surface area contributed by atoms with Crippen molar-refractivity contribution >= 4 is 11.6 Å². The van der Waals surface area contributed by atoms with Gasteiger partial charge in [0.1, 0.15) is 0 Å². The smallest absolute Gasteiger partial charge is 0.238 e. The van der Waals surface area contributed by atoms with E-state index < -0.39 is 0 Å². The Morgan fingerprint density at radius 1 is 1.50 bits per heavy atom. The minimum atomic E-state index is -0.0129. The van der Waals surface area contributed by atoms with Crippen LogP contribution in [0.25, 0.3) is 0 Å². The van der Waals surface area contributed by atoms with E-state index in [0.717, 1.165) is 13.0 Å². The zero-order chi connectivity index (χ0) is 14.5. The zero-order valence-corrected chi connectivity index (χ0v) is 12.1. The summed E-state index contributed by atoms with van der Waals surface area (Å²) < 4.78 is 0. The number of hydrogen-bond acceptors (Lipinski definition) is 3. The van der Waals surface area contributed by atoms with Gasteiger partial charge in [-0.25, -0.2) is 0 Å². The number of nitrogens with one attached hydrogen (secondary N) is 1. The van der Waals surface area contributed by atoms with Gasteiger partial charge in [0, 0.05) is 11.7 Å². The van der Waals surface area contributed by atoms with Crippen LogP contribution in [0.15, 0.2) is 24.3 Å². The summed E-state index contributed by atoms with van der Waals surface area (Å²) in [5.74, 6) is 0.625. The lowest BCUT2D eigenvalue weighted by Crippen LogP contribution is -2.46. The predicted octanol–water partition coefficient (Wildman–Crippen LogP) is 2.62. The average Bonchev–Trinajstić information content (AvgIpc) is 2.44. The molecule has 2 unspecified atom stereocenters. The third-order valence-electron chi connectivity index (χ3n) is 4.13. The van der Waals surface area contributed by atoms with E-state index in [1.807, 2.05) is 0 Å². The molecule has 0 spiro atoms. The van der Waals surface area contributed by atoms with Crippen LogP contribution in [0.1, 0.15) is 32.3 Å². The van der Waals surface area contributed by atoms with Crippen molar-refractivity contribution in [3.8, 4) is 6.07 Å². The van der Waals surface area contributed by atoms with Gasteiger partial charge >= 0.3 is 0 Å². The van der Waals surface area contributed by atoms with Crippen LogP contribution < -0.4 is 5.32 Å². The van der Waals surface area contributed by atoms with Gasteiger partial charge in [-0.15, -0.1) is 0 Å². The fourth-order valence-corrected chi connectivity index (χ4v) is 2.70. The van der Waals surface area contributed by atoms with E-state index >= 15 is 0 Å². The van der Waals surface area contributed by atoms with Crippen LogP contribution in [0.3, 0.4) is 0 Å². The first-order valence-electron chi connectivity index (χ1n) is 7.14. The van der Waals surface area contributed by atoms with E-state index in [1.165, 1.54) is 6.42 Å². The third-order valence-corrected chi connectivity index (χ3v) is 4.13. The minimum absolute atomic E-state index is 0.0129. The molecule has 106 valence electrons. The van der Waals surface area contributed by atoms with Crippen molar-refractivity contribution in [1.29, 1.82) is 5.26 Å². The van der Waals surface area contributed by atoms with E-state index in [4.69, 9.17) is 5.26 Å². The van der Waals surface area contributed by atoms with Crippen molar-refractivity contribution in [1.82, 2.24) is 4.90 Å². The predicted molar refractivity (Wildman–Crippen MR) is 79.2 cm³/mol. The Balaban J connectivity index is 1.93. The maximum Gasteiger partial charge on any atom is 0.238 e. The molecule has 1 amide bonds. The van der Waals surface area contributed by atoms with Crippen LogP contribution in [0.5, 0.6) is 0 Å². The third kappa shape index (κ3) is 3.58. The second-order valence-electron chi connectivity index (χ2n) is 5.57. The lowest BCUT2D eigenvalue weighted by atomic mass is 9.92. The minimum Gasteiger partial charge on any atom is -0.325 e. The lowest BCUT2D eigenvalue weighted by molar-refractivity contribution is -0.118. The van der Waals surface area contributed by atoms with Crippen LogP contribution >= 0.6 is 0 Å². The summed E-state index contributed by atoms with van der Waals surface area (Å²) in [6.45, 7) is 5.83. The van der Waals surface area contributed by atoms with Gasteiger partial charge in [0.15, 0.2) is 0 Å².